The molecule has 0 aliphatic carbocycles. The van der Waals surface area contributed by atoms with E-state index in [1.807, 2.05) is 32.0 Å². The van der Waals surface area contributed by atoms with E-state index in [4.69, 9.17) is 18.9 Å². The number of nitrogens with one attached hydrogen (secondary N) is 2. The average Bonchev–Trinajstić information content (AvgIpc) is 3.64. The molecule has 2 aliphatic rings. The van der Waals surface area contributed by atoms with Crippen molar-refractivity contribution in [2.75, 3.05) is 26.8 Å². The molecule has 13 heteroatoms. The molecule has 0 saturated carbocycles. The number of carbonyl (C=O) groups is 5. The minimum atomic E-state index is -1.35. The maximum atomic E-state index is 13.9. The Hall–Kier alpha value is -4.55. The Balaban J connectivity index is 1.74. The van der Waals surface area contributed by atoms with Crippen LogP contribution in [0, 0.1) is 5.41 Å². The predicted octanol–water partition coefficient (Wildman–Crippen LogP) is 4.54. The fourth-order valence-electron chi connectivity index (χ4n) is 5.38. The van der Waals surface area contributed by atoms with Crippen LogP contribution >= 0.6 is 0 Å². The summed E-state index contributed by atoms with van der Waals surface area (Å²) in [5.74, 6) is -1.42. The highest BCUT2D eigenvalue weighted by Gasteiger charge is 2.45. The molecule has 2 aliphatic heterocycles. The number of nitrogens with zero attached hydrogens (tertiary/aromatic N) is 2. The monoisotopic (exact) mass is 656 g/mol. The summed E-state index contributed by atoms with van der Waals surface area (Å²) in [4.78, 5) is 68.0. The number of hydrogen-bond acceptors (Lipinski definition) is 9. The van der Waals surface area contributed by atoms with Crippen molar-refractivity contribution in [3.63, 3.8) is 0 Å². The quantitative estimate of drug-likeness (QED) is 0.188. The molecule has 258 valence electrons. The number of methoxy groups -OCH3 is 1. The largest absolute Gasteiger partial charge is 0.467 e. The molecule has 1 aromatic carbocycles. The van der Waals surface area contributed by atoms with Gasteiger partial charge in [-0.15, -0.1) is 6.58 Å². The number of benzene rings is 1. The summed E-state index contributed by atoms with van der Waals surface area (Å²) in [6.07, 6.45) is 1.83. The maximum Gasteiger partial charge on any atom is 0.410 e. The molecule has 0 aromatic heterocycles. The third-order valence-electron chi connectivity index (χ3n) is 7.84. The third-order valence-corrected chi connectivity index (χ3v) is 7.84. The zero-order chi connectivity index (χ0) is 34.9. The van der Waals surface area contributed by atoms with Crippen molar-refractivity contribution in [2.45, 2.75) is 90.8 Å². The van der Waals surface area contributed by atoms with Gasteiger partial charge in [-0.05, 0) is 55.7 Å². The van der Waals surface area contributed by atoms with Crippen molar-refractivity contribution in [2.24, 2.45) is 5.41 Å². The van der Waals surface area contributed by atoms with Crippen molar-refractivity contribution >= 4 is 36.2 Å². The average molecular weight is 657 g/mol. The Morgan fingerprint density at radius 3 is 2.43 bits per heavy atom. The minimum Gasteiger partial charge on any atom is -0.467 e. The molecule has 0 radical (unpaired) electrons. The Bertz CT molecular complexity index is 1350. The maximum absolute atomic E-state index is 13.9. The Morgan fingerprint density at radius 1 is 1.06 bits per heavy atom. The zero-order valence-electron chi connectivity index (χ0n) is 28.3. The molecule has 0 unspecified atom stereocenters. The Kier molecular flexibility index (Phi) is 12.4. The molecule has 2 N–H and O–H groups in total. The van der Waals surface area contributed by atoms with Crippen LogP contribution in [0.4, 0.5) is 14.4 Å². The summed E-state index contributed by atoms with van der Waals surface area (Å²) >= 11 is 0. The first-order valence-corrected chi connectivity index (χ1v) is 15.7. The topological polar surface area (TPSA) is 153 Å². The molecule has 4 amide bonds. The summed E-state index contributed by atoms with van der Waals surface area (Å²) in [6, 6.07) is 3.30. The molecule has 1 saturated heterocycles. The third kappa shape index (κ3) is 10.5. The lowest BCUT2D eigenvalue weighted by molar-refractivity contribution is -0.151. The van der Waals surface area contributed by atoms with E-state index in [1.165, 1.54) is 16.9 Å². The highest BCUT2D eigenvalue weighted by atomic mass is 16.6. The number of ether oxygens (including phenoxy) is 4. The number of hydrogen-bond donors (Lipinski definition) is 2. The normalized spacial score (nSPS) is 18.0. The van der Waals surface area contributed by atoms with Crippen molar-refractivity contribution in [3.8, 4) is 0 Å². The van der Waals surface area contributed by atoms with E-state index in [0.29, 0.717) is 13.1 Å². The van der Waals surface area contributed by atoms with Crippen LogP contribution in [0.3, 0.4) is 0 Å². The van der Waals surface area contributed by atoms with E-state index in [1.54, 1.807) is 32.9 Å². The molecular weight excluding hydrogens is 608 g/mol. The molecule has 3 rings (SSSR count). The van der Waals surface area contributed by atoms with Crippen LogP contribution in [0.5, 0.6) is 0 Å². The summed E-state index contributed by atoms with van der Waals surface area (Å²) in [6.45, 7) is 16.7. The van der Waals surface area contributed by atoms with Gasteiger partial charge in [-0.1, -0.05) is 50.8 Å². The lowest BCUT2D eigenvalue weighted by Crippen LogP contribution is -2.56. The second-order valence-corrected chi connectivity index (χ2v) is 13.5. The van der Waals surface area contributed by atoms with Crippen molar-refractivity contribution in [1.29, 1.82) is 0 Å². The fraction of sp³-hybridized carbons (Fsp3) is 0.559. The van der Waals surface area contributed by atoms with E-state index in [-0.39, 0.29) is 31.5 Å². The Morgan fingerprint density at radius 2 is 1.79 bits per heavy atom. The van der Waals surface area contributed by atoms with Crippen molar-refractivity contribution in [1.82, 2.24) is 20.4 Å². The van der Waals surface area contributed by atoms with Gasteiger partial charge >= 0.3 is 24.2 Å². The summed E-state index contributed by atoms with van der Waals surface area (Å²) in [5.41, 5.74) is 1.73. The summed E-state index contributed by atoms with van der Waals surface area (Å²) in [7, 11) is 1.19. The van der Waals surface area contributed by atoms with E-state index in [0.717, 1.165) is 29.5 Å². The van der Waals surface area contributed by atoms with Crippen LogP contribution in [-0.2, 0) is 41.6 Å². The first-order chi connectivity index (χ1) is 22.1. The number of amides is 4. The van der Waals surface area contributed by atoms with Crippen LogP contribution < -0.4 is 10.6 Å². The SMILES string of the molecule is C=CCCC(C)(C)COC(=O)N[C@@H](CNC(=O)OC(C)(C)C)C(=O)N1C[C@H](OC(=O)N2Cc3cccc(C=C)c3C2)C[C@H]1C(=O)OC. The first-order valence-electron chi connectivity index (χ1n) is 15.7. The van der Waals surface area contributed by atoms with Gasteiger partial charge in [0.1, 0.15) is 23.8 Å². The molecule has 3 atom stereocenters. The molecule has 0 bridgehead atoms. The molecule has 2 heterocycles. The number of alkyl carbamates (subject to hydrolysis) is 2. The van der Waals surface area contributed by atoms with Gasteiger partial charge in [-0.2, -0.15) is 0 Å². The number of rotatable bonds is 12. The lowest BCUT2D eigenvalue weighted by Gasteiger charge is -2.29. The fourth-order valence-corrected chi connectivity index (χ4v) is 5.38. The van der Waals surface area contributed by atoms with Gasteiger partial charge < -0.3 is 34.5 Å². The standard InChI is InChI=1S/C34H48N4O9/c1-9-11-15-34(6,7)21-45-31(42)36-26(17-35-30(41)47-33(3,4)5)28(39)38-19-24(16-27(38)29(40)44-8)46-32(43)37-18-23-14-12-13-22(10-2)25(23)20-37/h9-10,12-14,24,26-27H,1-2,11,15-21H2,3-8H3,(H,35,41)(H,36,42)/t24-,26+,27+/m1/s1. The van der Waals surface area contributed by atoms with Crippen molar-refractivity contribution < 1.29 is 42.9 Å². The molecule has 0 spiro atoms. The summed E-state index contributed by atoms with van der Waals surface area (Å²) in [5, 5.41) is 5.02. The molecular formula is C34H48N4O9. The van der Waals surface area contributed by atoms with E-state index in [9.17, 15) is 24.0 Å². The van der Waals surface area contributed by atoms with Crippen LogP contribution in [-0.4, -0.2) is 90.6 Å². The highest BCUT2D eigenvalue weighted by molar-refractivity contribution is 5.91. The number of fused-ring (bicyclic) bond motifs is 1. The van der Waals surface area contributed by atoms with Gasteiger partial charge in [0, 0.05) is 13.0 Å². The molecule has 13 nitrogen and oxygen atoms in total. The zero-order valence-corrected chi connectivity index (χ0v) is 28.3. The van der Waals surface area contributed by atoms with Crippen LogP contribution in [0.25, 0.3) is 6.08 Å². The van der Waals surface area contributed by atoms with Gasteiger partial charge in [0.05, 0.1) is 33.4 Å². The smallest absolute Gasteiger partial charge is 0.410 e. The number of allylic oxidation sites excluding steroid dienone is 1. The van der Waals surface area contributed by atoms with Gasteiger partial charge in [-0.25, -0.2) is 19.2 Å². The first kappa shape index (κ1) is 36.9. The van der Waals surface area contributed by atoms with Crippen LogP contribution in [0.15, 0.2) is 37.4 Å². The lowest BCUT2D eigenvalue weighted by atomic mass is 9.89. The molecule has 47 heavy (non-hydrogen) atoms. The van der Waals surface area contributed by atoms with Crippen LogP contribution in [0.1, 0.15) is 70.6 Å². The highest BCUT2D eigenvalue weighted by Crippen LogP contribution is 2.29. The Labute approximate surface area is 276 Å². The summed E-state index contributed by atoms with van der Waals surface area (Å²) < 4.78 is 21.4. The number of carbonyl (C=O) groups excluding carboxylic acids is 5. The van der Waals surface area contributed by atoms with Crippen LogP contribution in [0.2, 0.25) is 0 Å². The van der Waals surface area contributed by atoms with Gasteiger partial charge in [0.15, 0.2) is 0 Å². The van der Waals surface area contributed by atoms with Gasteiger partial charge in [-0.3, -0.25) is 9.69 Å². The van der Waals surface area contributed by atoms with Gasteiger partial charge in [0.2, 0.25) is 5.91 Å². The van der Waals surface area contributed by atoms with E-state index in [2.05, 4.69) is 23.8 Å². The second-order valence-electron chi connectivity index (χ2n) is 13.5. The second kappa shape index (κ2) is 15.8. The van der Waals surface area contributed by atoms with Gasteiger partial charge in [0.25, 0.3) is 0 Å². The minimum absolute atomic E-state index is 0.0169. The number of esters is 1. The van der Waals surface area contributed by atoms with E-state index < -0.39 is 53.9 Å². The molecule has 1 aromatic rings. The van der Waals surface area contributed by atoms with Crippen molar-refractivity contribution in [3.05, 3.63) is 54.1 Å². The van der Waals surface area contributed by atoms with E-state index >= 15 is 0 Å². The number of likely N-dealkylation sites (tertiary alicyclic amines) is 1. The predicted molar refractivity (Wildman–Crippen MR) is 174 cm³/mol. The molecule has 1 fully saturated rings.